The molecule has 0 aliphatic heterocycles. The molecule has 0 aliphatic rings. The molecule has 0 heterocycles. The van der Waals surface area contributed by atoms with E-state index in [4.69, 9.17) is 0 Å². The zero-order chi connectivity index (χ0) is 14.5. The second-order valence-electron chi connectivity index (χ2n) is 4.70. The molecular formula is C16H18N2O2. The number of anilines is 1. The summed E-state index contributed by atoms with van der Waals surface area (Å²) in [7, 11) is 0. The monoisotopic (exact) mass is 270 g/mol. The maximum atomic E-state index is 11.0. The molecule has 2 aromatic carbocycles. The topological polar surface area (TPSA) is 55.2 Å². The fourth-order valence-electron chi connectivity index (χ4n) is 2.30. The Morgan fingerprint density at radius 1 is 1.10 bits per heavy atom. The van der Waals surface area contributed by atoms with E-state index in [1.807, 2.05) is 25.1 Å². The number of nitro benzene ring substituents is 1. The first-order chi connectivity index (χ1) is 9.63. The van der Waals surface area contributed by atoms with Crippen molar-refractivity contribution in [1.82, 2.24) is 0 Å². The van der Waals surface area contributed by atoms with Crippen molar-refractivity contribution in [2.24, 2.45) is 0 Å². The van der Waals surface area contributed by atoms with Gasteiger partial charge in [0.25, 0.3) is 5.69 Å². The highest BCUT2D eigenvalue weighted by molar-refractivity contribution is 5.58. The lowest BCUT2D eigenvalue weighted by atomic mass is 10.1. The zero-order valence-electron chi connectivity index (χ0n) is 11.7. The lowest BCUT2D eigenvalue weighted by molar-refractivity contribution is -0.385. The molecule has 0 fully saturated rings. The van der Waals surface area contributed by atoms with Gasteiger partial charge in [0.05, 0.1) is 4.92 Å². The Kier molecular flexibility index (Phi) is 4.35. The van der Waals surface area contributed by atoms with Crippen molar-refractivity contribution >= 4 is 11.4 Å². The van der Waals surface area contributed by atoms with E-state index in [1.54, 1.807) is 12.1 Å². The highest BCUT2D eigenvalue weighted by Crippen LogP contribution is 2.24. The SMILES string of the molecule is CCc1cccc(C)c1NCc1ccccc1[N+](=O)[O-]. The van der Waals surface area contributed by atoms with Gasteiger partial charge in [-0.05, 0) is 24.5 Å². The number of hydrogen-bond donors (Lipinski definition) is 1. The molecule has 4 heteroatoms. The second-order valence-corrected chi connectivity index (χ2v) is 4.70. The van der Waals surface area contributed by atoms with Gasteiger partial charge < -0.3 is 5.32 Å². The van der Waals surface area contributed by atoms with Crippen LogP contribution in [0.3, 0.4) is 0 Å². The Bertz CT molecular complexity index is 624. The standard InChI is InChI=1S/C16H18N2O2/c1-3-13-9-6-7-12(2)16(13)17-11-14-8-4-5-10-15(14)18(19)20/h4-10,17H,3,11H2,1-2H3. The quantitative estimate of drug-likeness (QED) is 0.658. The first-order valence-corrected chi connectivity index (χ1v) is 6.68. The van der Waals surface area contributed by atoms with Crippen molar-refractivity contribution in [3.8, 4) is 0 Å². The number of para-hydroxylation sites is 2. The molecule has 0 atom stereocenters. The number of nitrogens with one attached hydrogen (secondary N) is 1. The molecule has 4 nitrogen and oxygen atoms in total. The molecule has 2 aromatic rings. The van der Waals surface area contributed by atoms with Gasteiger partial charge >= 0.3 is 0 Å². The zero-order valence-corrected chi connectivity index (χ0v) is 11.7. The fourth-order valence-corrected chi connectivity index (χ4v) is 2.30. The largest absolute Gasteiger partial charge is 0.380 e. The van der Waals surface area contributed by atoms with E-state index in [-0.39, 0.29) is 10.6 Å². The third kappa shape index (κ3) is 2.96. The minimum Gasteiger partial charge on any atom is -0.380 e. The van der Waals surface area contributed by atoms with Gasteiger partial charge in [0, 0.05) is 23.9 Å². The third-order valence-corrected chi connectivity index (χ3v) is 3.38. The van der Waals surface area contributed by atoms with E-state index in [0.717, 1.165) is 17.7 Å². The number of nitro groups is 1. The molecule has 0 bridgehead atoms. The van der Waals surface area contributed by atoms with Gasteiger partial charge in [0.1, 0.15) is 0 Å². The first-order valence-electron chi connectivity index (χ1n) is 6.68. The van der Waals surface area contributed by atoms with Gasteiger partial charge in [-0.15, -0.1) is 0 Å². The highest BCUT2D eigenvalue weighted by Gasteiger charge is 2.12. The summed E-state index contributed by atoms with van der Waals surface area (Å²) in [5, 5.41) is 14.3. The Morgan fingerprint density at radius 2 is 1.80 bits per heavy atom. The van der Waals surface area contributed by atoms with Crippen LogP contribution in [0.1, 0.15) is 23.6 Å². The van der Waals surface area contributed by atoms with Crippen LogP contribution in [-0.4, -0.2) is 4.92 Å². The van der Waals surface area contributed by atoms with Crippen molar-refractivity contribution < 1.29 is 4.92 Å². The van der Waals surface area contributed by atoms with E-state index < -0.39 is 0 Å². The van der Waals surface area contributed by atoms with E-state index in [0.29, 0.717) is 12.1 Å². The summed E-state index contributed by atoms with van der Waals surface area (Å²) < 4.78 is 0. The summed E-state index contributed by atoms with van der Waals surface area (Å²) in [6.45, 7) is 4.60. The molecule has 0 amide bonds. The Hall–Kier alpha value is -2.36. The lowest BCUT2D eigenvalue weighted by Crippen LogP contribution is -2.06. The molecule has 0 saturated heterocycles. The fraction of sp³-hybridized carbons (Fsp3) is 0.250. The van der Waals surface area contributed by atoms with Crippen molar-refractivity contribution in [1.29, 1.82) is 0 Å². The summed E-state index contributed by atoms with van der Waals surface area (Å²) in [4.78, 5) is 10.7. The van der Waals surface area contributed by atoms with Crippen LogP contribution in [0, 0.1) is 17.0 Å². The van der Waals surface area contributed by atoms with Crippen LogP contribution < -0.4 is 5.32 Å². The highest BCUT2D eigenvalue weighted by atomic mass is 16.6. The maximum absolute atomic E-state index is 11.0. The van der Waals surface area contributed by atoms with Crippen LogP contribution in [0.5, 0.6) is 0 Å². The van der Waals surface area contributed by atoms with Crippen LogP contribution in [0.2, 0.25) is 0 Å². The van der Waals surface area contributed by atoms with Gasteiger partial charge in [0.2, 0.25) is 0 Å². The van der Waals surface area contributed by atoms with Crippen LogP contribution in [0.25, 0.3) is 0 Å². The van der Waals surface area contributed by atoms with Crippen molar-refractivity contribution in [2.75, 3.05) is 5.32 Å². The number of hydrogen-bond acceptors (Lipinski definition) is 3. The van der Waals surface area contributed by atoms with E-state index in [2.05, 4.69) is 18.3 Å². The maximum Gasteiger partial charge on any atom is 0.274 e. The number of benzene rings is 2. The predicted octanol–water partition coefficient (Wildman–Crippen LogP) is 4.08. The number of nitrogens with zero attached hydrogens (tertiary/aromatic N) is 1. The van der Waals surface area contributed by atoms with Gasteiger partial charge in [0.15, 0.2) is 0 Å². The van der Waals surface area contributed by atoms with Crippen LogP contribution >= 0.6 is 0 Å². The molecule has 0 saturated carbocycles. The molecule has 1 N–H and O–H groups in total. The molecule has 0 radical (unpaired) electrons. The summed E-state index contributed by atoms with van der Waals surface area (Å²) in [6.07, 6.45) is 0.931. The van der Waals surface area contributed by atoms with E-state index in [1.165, 1.54) is 11.6 Å². The average Bonchev–Trinajstić information content (AvgIpc) is 2.46. The normalized spacial score (nSPS) is 10.3. The van der Waals surface area contributed by atoms with Crippen molar-refractivity contribution in [2.45, 2.75) is 26.8 Å². The molecule has 0 unspecified atom stereocenters. The summed E-state index contributed by atoms with van der Waals surface area (Å²) in [5.41, 5.74) is 4.31. The number of aryl methyl sites for hydroxylation is 2. The molecule has 104 valence electrons. The van der Waals surface area contributed by atoms with Gasteiger partial charge in [-0.25, -0.2) is 0 Å². The number of rotatable bonds is 5. The molecule has 0 spiro atoms. The Balaban J connectivity index is 2.24. The third-order valence-electron chi connectivity index (χ3n) is 3.38. The lowest BCUT2D eigenvalue weighted by Gasteiger charge is -2.14. The van der Waals surface area contributed by atoms with Crippen LogP contribution in [-0.2, 0) is 13.0 Å². The summed E-state index contributed by atoms with van der Waals surface area (Å²) >= 11 is 0. The van der Waals surface area contributed by atoms with Gasteiger partial charge in [-0.2, -0.15) is 0 Å². The smallest absolute Gasteiger partial charge is 0.274 e. The van der Waals surface area contributed by atoms with Crippen molar-refractivity contribution in [3.05, 3.63) is 69.3 Å². The van der Waals surface area contributed by atoms with Crippen molar-refractivity contribution in [3.63, 3.8) is 0 Å². The minimum atomic E-state index is -0.338. The molecule has 0 aromatic heterocycles. The van der Waals surface area contributed by atoms with E-state index in [9.17, 15) is 10.1 Å². The predicted molar refractivity (Wildman–Crippen MR) is 81.0 cm³/mol. The first kappa shape index (κ1) is 14.1. The van der Waals surface area contributed by atoms with Crippen LogP contribution in [0.4, 0.5) is 11.4 Å². The Morgan fingerprint density at radius 3 is 2.50 bits per heavy atom. The van der Waals surface area contributed by atoms with Crippen LogP contribution in [0.15, 0.2) is 42.5 Å². The molecular weight excluding hydrogens is 252 g/mol. The Labute approximate surface area is 118 Å². The second kappa shape index (κ2) is 6.19. The molecule has 20 heavy (non-hydrogen) atoms. The summed E-state index contributed by atoms with van der Waals surface area (Å²) in [5.74, 6) is 0. The van der Waals surface area contributed by atoms with E-state index >= 15 is 0 Å². The molecule has 2 rings (SSSR count). The van der Waals surface area contributed by atoms with Gasteiger partial charge in [-0.1, -0.05) is 43.3 Å². The molecule has 0 aliphatic carbocycles. The minimum absolute atomic E-state index is 0.159. The van der Waals surface area contributed by atoms with Gasteiger partial charge in [-0.3, -0.25) is 10.1 Å². The summed E-state index contributed by atoms with van der Waals surface area (Å²) in [6, 6.07) is 13.0. The average molecular weight is 270 g/mol.